The van der Waals surface area contributed by atoms with Crippen LogP contribution in [0.1, 0.15) is 28.3 Å². The first-order valence-corrected chi connectivity index (χ1v) is 11.7. The van der Waals surface area contributed by atoms with Crippen LogP contribution in [-0.4, -0.2) is 43.8 Å². The number of ether oxygens (including phenoxy) is 1. The van der Waals surface area contributed by atoms with Crippen molar-refractivity contribution in [1.29, 1.82) is 0 Å². The number of benzene rings is 3. The molecule has 35 heavy (non-hydrogen) atoms. The molecule has 1 fully saturated rings. The Bertz CT molecular complexity index is 1240. The van der Waals surface area contributed by atoms with Crippen molar-refractivity contribution in [3.63, 3.8) is 0 Å². The molecular formula is C29H30N2O4. The zero-order valence-electron chi connectivity index (χ0n) is 20.3. The average molecular weight is 471 g/mol. The summed E-state index contributed by atoms with van der Waals surface area (Å²) in [6.07, 6.45) is 0. The fourth-order valence-corrected chi connectivity index (χ4v) is 4.29. The molecule has 0 bridgehead atoms. The highest BCUT2D eigenvalue weighted by Gasteiger charge is 2.44. The fraction of sp³-hybridized carbons (Fsp3) is 0.241. The molecule has 0 aromatic heterocycles. The maximum atomic E-state index is 13.7. The van der Waals surface area contributed by atoms with Crippen molar-refractivity contribution in [2.24, 2.45) is 0 Å². The van der Waals surface area contributed by atoms with Crippen molar-refractivity contribution >= 4 is 17.4 Å². The summed E-state index contributed by atoms with van der Waals surface area (Å²) in [5.41, 5.74) is 2.90. The SMILES string of the molecule is Cc1cc(OCc2ccccc2)ccc1/C([O-])=C1\C(=O)C(=O)N(CC[NH+](C)C)C1c1ccccc1. The molecule has 4 rings (SSSR count). The van der Waals surface area contributed by atoms with Gasteiger partial charge in [0.15, 0.2) is 0 Å². The second kappa shape index (κ2) is 10.6. The van der Waals surface area contributed by atoms with Gasteiger partial charge in [-0.1, -0.05) is 72.5 Å². The number of amides is 1. The number of carbonyl (C=O) groups is 2. The second-order valence-corrected chi connectivity index (χ2v) is 9.09. The smallest absolute Gasteiger partial charge is 0.295 e. The van der Waals surface area contributed by atoms with E-state index in [1.165, 1.54) is 4.90 Å². The van der Waals surface area contributed by atoms with Crippen LogP contribution in [0.25, 0.3) is 5.76 Å². The maximum Gasteiger partial charge on any atom is 0.295 e. The lowest BCUT2D eigenvalue weighted by atomic mass is 9.94. The van der Waals surface area contributed by atoms with Gasteiger partial charge < -0.3 is 19.6 Å². The van der Waals surface area contributed by atoms with Crippen LogP contribution in [0.15, 0.2) is 84.4 Å². The number of likely N-dealkylation sites (N-methyl/N-ethyl adjacent to an activating group) is 1. The number of nitrogens with zero attached hydrogens (tertiary/aromatic N) is 1. The number of hydrogen-bond donors (Lipinski definition) is 1. The summed E-state index contributed by atoms with van der Waals surface area (Å²) in [5.74, 6) is -1.12. The van der Waals surface area contributed by atoms with Gasteiger partial charge in [-0.25, -0.2) is 0 Å². The number of rotatable bonds is 8. The lowest BCUT2D eigenvalue weighted by Crippen LogP contribution is -3.06. The number of carbonyl (C=O) groups excluding carboxylic acids is 2. The quantitative estimate of drug-likeness (QED) is 0.310. The number of ketones is 1. The van der Waals surface area contributed by atoms with Crippen molar-refractivity contribution in [2.45, 2.75) is 19.6 Å². The minimum absolute atomic E-state index is 0.0102. The van der Waals surface area contributed by atoms with E-state index < -0.39 is 23.5 Å². The van der Waals surface area contributed by atoms with Gasteiger partial charge in [0.05, 0.1) is 33.2 Å². The first-order valence-electron chi connectivity index (χ1n) is 11.7. The van der Waals surface area contributed by atoms with Crippen LogP contribution in [0, 0.1) is 6.92 Å². The number of Topliss-reactive ketones (excluding diaryl/α,β-unsaturated/α-hetero) is 1. The summed E-state index contributed by atoms with van der Waals surface area (Å²) < 4.78 is 5.88. The monoisotopic (exact) mass is 470 g/mol. The van der Waals surface area contributed by atoms with E-state index in [2.05, 4.69) is 0 Å². The van der Waals surface area contributed by atoms with Crippen molar-refractivity contribution in [2.75, 3.05) is 27.2 Å². The molecule has 0 spiro atoms. The Morgan fingerprint density at radius 1 is 0.971 bits per heavy atom. The van der Waals surface area contributed by atoms with Gasteiger partial charge >= 0.3 is 0 Å². The summed E-state index contributed by atoms with van der Waals surface area (Å²) in [7, 11) is 3.97. The van der Waals surface area contributed by atoms with Crippen molar-refractivity contribution in [1.82, 2.24) is 4.90 Å². The normalized spacial score (nSPS) is 17.3. The minimum atomic E-state index is -0.721. The second-order valence-electron chi connectivity index (χ2n) is 9.09. The van der Waals surface area contributed by atoms with E-state index in [1.807, 2.05) is 81.7 Å². The predicted octanol–water partition coefficient (Wildman–Crippen LogP) is 1.94. The van der Waals surface area contributed by atoms with E-state index in [0.717, 1.165) is 16.0 Å². The minimum Gasteiger partial charge on any atom is -0.872 e. The van der Waals surface area contributed by atoms with Crippen molar-refractivity contribution in [3.05, 3.63) is 107 Å². The Kier molecular flexibility index (Phi) is 7.32. The van der Waals surface area contributed by atoms with Crippen LogP contribution in [0.3, 0.4) is 0 Å². The van der Waals surface area contributed by atoms with E-state index in [0.29, 0.717) is 36.6 Å². The van der Waals surface area contributed by atoms with Gasteiger partial charge in [-0.15, -0.1) is 0 Å². The van der Waals surface area contributed by atoms with Gasteiger partial charge in [-0.2, -0.15) is 0 Å². The third-order valence-corrected chi connectivity index (χ3v) is 6.19. The van der Waals surface area contributed by atoms with E-state index >= 15 is 0 Å². The molecule has 0 saturated carbocycles. The standard InChI is InChI=1S/C29H30N2O4/c1-20-18-23(35-19-21-10-6-4-7-11-21)14-15-24(20)27(32)25-26(22-12-8-5-9-13-22)31(17-16-30(2)3)29(34)28(25)33/h4-15,18,26,32H,16-17,19H2,1-3H3/b27-25+. The Morgan fingerprint density at radius 2 is 1.63 bits per heavy atom. The van der Waals surface area contributed by atoms with Gasteiger partial charge in [-0.05, 0) is 41.3 Å². The molecule has 6 nitrogen and oxygen atoms in total. The largest absolute Gasteiger partial charge is 0.872 e. The van der Waals surface area contributed by atoms with Crippen LogP contribution in [0.4, 0.5) is 0 Å². The first-order chi connectivity index (χ1) is 16.9. The highest BCUT2D eigenvalue weighted by molar-refractivity contribution is 6.46. The third-order valence-electron chi connectivity index (χ3n) is 6.19. The number of hydrogen-bond acceptors (Lipinski definition) is 4. The molecule has 1 amide bonds. The van der Waals surface area contributed by atoms with Crippen LogP contribution in [0.5, 0.6) is 5.75 Å². The highest BCUT2D eigenvalue weighted by Crippen LogP contribution is 2.39. The summed E-state index contributed by atoms with van der Waals surface area (Å²) in [6, 6.07) is 23.6. The molecule has 6 heteroatoms. The fourth-order valence-electron chi connectivity index (χ4n) is 4.29. The van der Waals surface area contributed by atoms with Gasteiger partial charge in [0.2, 0.25) is 5.78 Å². The molecule has 1 aliphatic rings. The van der Waals surface area contributed by atoms with Crippen LogP contribution < -0.4 is 14.7 Å². The molecule has 3 aromatic rings. The Morgan fingerprint density at radius 3 is 2.26 bits per heavy atom. The van der Waals surface area contributed by atoms with Crippen LogP contribution in [0.2, 0.25) is 0 Å². The van der Waals surface area contributed by atoms with Crippen molar-refractivity contribution < 1.29 is 24.3 Å². The van der Waals surface area contributed by atoms with E-state index in [4.69, 9.17) is 4.74 Å². The summed E-state index contributed by atoms with van der Waals surface area (Å²) in [6.45, 7) is 3.27. The molecule has 0 radical (unpaired) electrons. The van der Waals surface area contributed by atoms with Gasteiger partial charge in [-0.3, -0.25) is 9.59 Å². The number of quaternary nitrogens is 1. The van der Waals surface area contributed by atoms with Gasteiger partial charge in [0.25, 0.3) is 5.91 Å². The van der Waals surface area contributed by atoms with Gasteiger partial charge in [0.1, 0.15) is 12.4 Å². The Hall–Kier alpha value is -3.90. The summed E-state index contributed by atoms with van der Waals surface area (Å²) in [5, 5.41) is 13.7. The number of nitrogens with one attached hydrogen (secondary N) is 1. The maximum absolute atomic E-state index is 13.7. The number of aryl methyl sites for hydroxylation is 1. The van der Waals surface area contributed by atoms with E-state index in [1.54, 1.807) is 18.2 Å². The molecule has 180 valence electrons. The first kappa shape index (κ1) is 24.2. The molecule has 0 aliphatic carbocycles. The molecule has 1 heterocycles. The Balaban J connectivity index is 1.68. The molecule has 1 saturated heterocycles. The van der Waals surface area contributed by atoms with E-state index in [9.17, 15) is 14.7 Å². The van der Waals surface area contributed by atoms with Crippen LogP contribution in [-0.2, 0) is 16.2 Å². The number of likely N-dealkylation sites (tertiary alicyclic amines) is 1. The predicted molar refractivity (Wildman–Crippen MR) is 132 cm³/mol. The zero-order chi connectivity index (χ0) is 24.9. The Labute approximate surface area is 206 Å². The zero-order valence-corrected chi connectivity index (χ0v) is 20.3. The molecule has 1 unspecified atom stereocenters. The van der Waals surface area contributed by atoms with Gasteiger partial charge in [0, 0.05) is 5.57 Å². The lowest BCUT2D eigenvalue weighted by Gasteiger charge is -2.28. The molecule has 1 aliphatic heterocycles. The van der Waals surface area contributed by atoms with E-state index in [-0.39, 0.29) is 5.57 Å². The molecular weight excluding hydrogens is 440 g/mol. The highest BCUT2D eigenvalue weighted by atomic mass is 16.5. The third kappa shape index (κ3) is 5.28. The molecule has 1 N–H and O–H groups in total. The lowest BCUT2D eigenvalue weighted by molar-refractivity contribution is -0.857. The van der Waals surface area contributed by atoms with Crippen molar-refractivity contribution in [3.8, 4) is 5.75 Å². The molecule has 3 aromatic carbocycles. The topological polar surface area (TPSA) is 74.1 Å². The molecule has 1 atom stereocenters. The summed E-state index contributed by atoms with van der Waals surface area (Å²) >= 11 is 0. The summed E-state index contributed by atoms with van der Waals surface area (Å²) in [4.78, 5) is 28.8. The average Bonchev–Trinajstić information content (AvgIpc) is 3.12. The van der Waals surface area contributed by atoms with Crippen LogP contribution >= 0.6 is 0 Å².